The van der Waals surface area contributed by atoms with Gasteiger partial charge in [-0.05, 0) is 90.5 Å². The SMILES string of the molecule is CC12CCC3c4cc(C#N)c(O)cc4CCC3C1CC[C@@]2(O)Cc1ccccc1. The second-order valence-electron chi connectivity index (χ2n) is 9.78. The maximum Gasteiger partial charge on any atom is 0.133 e. The predicted molar refractivity (Wildman–Crippen MR) is 113 cm³/mol. The molecule has 0 bridgehead atoms. The number of phenolic OH excluding ortho intramolecular Hbond substituents is 1. The van der Waals surface area contributed by atoms with E-state index in [4.69, 9.17) is 0 Å². The van der Waals surface area contributed by atoms with E-state index in [1.54, 1.807) is 0 Å². The number of hydrogen-bond donors (Lipinski definition) is 2. The van der Waals surface area contributed by atoms with E-state index in [1.807, 2.05) is 18.2 Å². The van der Waals surface area contributed by atoms with Crippen LogP contribution >= 0.6 is 0 Å². The molecule has 5 rings (SSSR count). The summed E-state index contributed by atoms with van der Waals surface area (Å²) in [5, 5.41) is 31.3. The second-order valence-corrected chi connectivity index (χ2v) is 9.78. The smallest absolute Gasteiger partial charge is 0.133 e. The average Bonchev–Trinajstić information content (AvgIpc) is 2.98. The van der Waals surface area contributed by atoms with E-state index in [9.17, 15) is 15.5 Å². The maximum atomic E-state index is 11.8. The third kappa shape index (κ3) is 2.73. The summed E-state index contributed by atoms with van der Waals surface area (Å²) >= 11 is 0. The standard InChI is InChI=1S/C26H29NO2/c1-25-11-9-20-21(8-7-18-14-24(28)19(16-27)13-22(18)20)23(25)10-12-26(25,29)15-17-5-3-2-4-6-17/h2-6,13-14,20-21,23,28-29H,7-12,15H2,1H3/t20?,21?,23?,25?,26-/m1/s1. The zero-order chi connectivity index (χ0) is 20.2. The van der Waals surface area contributed by atoms with Gasteiger partial charge in [-0.3, -0.25) is 0 Å². The molecule has 3 aliphatic carbocycles. The van der Waals surface area contributed by atoms with Crippen LogP contribution in [0.3, 0.4) is 0 Å². The van der Waals surface area contributed by atoms with Gasteiger partial charge in [0.2, 0.25) is 0 Å². The van der Waals surface area contributed by atoms with E-state index < -0.39 is 5.60 Å². The predicted octanol–water partition coefficient (Wildman–Crippen LogP) is 5.09. The lowest BCUT2D eigenvalue weighted by Gasteiger charge is -2.53. The summed E-state index contributed by atoms with van der Waals surface area (Å²) in [4.78, 5) is 0. The van der Waals surface area contributed by atoms with Crippen LogP contribution in [0.25, 0.3) is 0 Å². The van der Waals surface area contributed by atoms with E-state index in [0.717, 1.165) is 44.9 Å². The first-order valence-electron chi connectivity index (χ1n) is 11.0. The Kier molecular flexibility index (Phi) is 4.26. The quantitative estimate of drug-likeness (QED) is 0.754. The molecule has 3 heteroatoms. The maximum absolute atomic E-state index is 11.8. The molecular formula is C26H29NO2. The van der Waals surface area contributed by atoms with Gasteiger partial charge >= 0.3 is 0 Å². The summed E-state index contributed by atoms with van der Waals surface area (Å²) in [6.07, 6.45) is 6.84. The minimum atomic E-state index is -0.642. The monoisotopic (exact) mass is 387 g/mol. The molecule has 3 aliphatic rings. The molecular weight excluding hydrogens is 358 g/mol. The van der Waals surface area contributed by atoms with Crippen LogP contribution in [0.15, 0.2) is 42.5 Å². The lowest BCUT2D eigenvalue weighted by atomic mass is 9.52. The Morgan fingerprint density at radius 1 is 1.10 bits per heavy atom. The zero-order valence-corrected chi connectivity index (χ0v) is 17.1. The molecule has 3 nitrogen and oxygen atoms in total. The number of benzene rings is 2. The molecule has 4 unspecified atom stereocenters. The Balaban J connectivity index is 1.47. The van der Waals surface area contributed by atoms with E-state index in [1.165, 1.54) is 16.7 Å². The summed E-state index contributed by atoms with van der Waals surface area (Å²) in [6.45, 7) is 2.33. The Morgan fingerprint density at radius 3 is 2.66 bits per heavy atom. The highest BCUT2D eigenvalue weighted by molar-refractivity contribution is 5.50. The van der Waals surface area contributed by atoms with E-state index in [-0.39, 0.29) is 11.2 Å². The van der Waals surface area contributed by atoms with Crippen LogP contribution in [0.4, 0.5) is 0 Å². The number of hydrogen-bond acceptors (Lipinski definition) is 3. The largest absolute Gasteiger partial charge is 0.507 e. The summed E-state index contributed by atoms with van der Waals surface area (Å²) < 4.78 is 0. The lowest BCUT2D eigenvalue weighted by molar-refractivity contribution is -0.102. The van der Waals surface area contributed by atoms with Gasteiger partial charge in [-0.25, -0.2) is 0 Å². The minimum Gasteiger partial charge on any atom is -0.507 e. The highest BCUT2D eigenvalue weighted by atomic mass is 16.3. The zero-order valence-electron chi connectivity index (χ0n) is 17.1. The van der Waals surface area contributed by atoms with Crippen LogP contribution < -0.4 is 0 Å². The molecule has 2 N–H and O–H groups in total. The third-order valence-corrected chi connectivity index (χ3v) is 8.62. The minimum absolute atomic E-state index is 0.0590. The number of aryl methyl sites for hydroxylation is 1. The third-order valence-electron chi connectivity index (χ3n) is 8.62. The van der Waals surface area contributed by atoms with Gasteiger partial charge in [0.1, 0.15) is 11.8 Å². The molecule has 0 spiro atoms. The fourth-order valence-electron chi connectivity index (χ4n) is 7.03. The summed E-state index contributed by atoms with van der Waals surface area (Å²) in [5.41, 5.74) is 3.40. The summed E-state index contributed by atoms with van der Waals surface area (Å²) in [5.74, 6) is 1.64. The van der Waals surface area contributed by atoms with Gasteiger partial charge in [-0.15, -0.1) is 0 Å². The molecule has 2 aromatic carbocycles. The molecule has 0 aliphatic heterocycles. The van der Waals surface area contributed by atoms with Crippen molar-refractivity contribution in [3.63, 3.8) is 0 Å². The number of nitriles is 1. The fraction of sp³-hybridized carbons (Fsp3) is 0.500. The topological polar surface area (TPSA) is 64.2 Å². The van der Waals surface area contributed by atoms with Crippen molar-refractivity contribution in [1.29, 1.82) is 5.26 Å². The van der Waals surface area contributed by atoms with Gasteiger partial charge in [0.25, 0.3) is 0 Å². The second kappa shape index (κ2) is 6.61. The number of nitrogens with zero attached hydrogens (tertiary/aromatic N) is 1. The number of aliphatic hydroxyl groups is 1. The van der Waals surface area contributed by atoms with Crippen molar-refractivity contribution in [3.8, 4) is 11.8 Å². The Bertz CT molecular complexity index is 978. The van der Waals surface area contributed by atoms with Crippen LogP contribution in [0, 0.1) is 28.6 Å². The van der Waals surface area contributed by atoms with Crippen molar-refractivity contribution in [2.45, 2.75) is 63.4 Å². The molecule has 5 atom stereocenters. The highest BCUT2D eigenvalue weighted by Crippen LogP contribution is 2.65. The molecule has 2 aromatic rings. The van der Waals surface area contributed by atoms with Gasteiger partial charge in [0.15, 0.2) is 0 Å². The normalized spacial score (nSPS) is 35.3. The fourth-order valence-corrected chi connectivity index (χ4v) is 7.03. The van der Waals surface area contributed by atoms with Crippen molar-refractivity contribution < 1.29 is 10.2 Å². The van der Waals surface area contributed by atoms with Crippen molar-refractivity contribution in [2.24, 2.45) is 17.3 Å². The first kappa shape index (κ1) is 18.7. The van der Waals surface area contributed by atoms with Crippen molar-refractivity contribution in [2.75, 3.05) is 0 Å². The van der Waals surface area contributed by atoms with Gasteiger partial charge in [-0.2, -0.15) is 5.26 Å². The Morgan fingerprint density at radius 2 is 1.90 bits per heavy atom. The van der Waals surface area contributed by atoms with Gasteiger partial charge in [-0.1, -0.05) is 37.3 Å². The summed E-state index contributed by atoms with van der Waals surface area (Å²) in [6, 6.07) is 16.3. The molecule has 0 amide bonds. The molecule has 0 aromatic heterocycles. The van der Waals surface area contributed by atoms with E-state index in [2.05, 4.69) is 37.3 Å². The number of fused-ring (bicyclic) bond motifs is 5. The van der Waals surface area contributed by atoms with Gasteiger partial charge < -0.3 is 10.2 Å². The number of rotatable bonds is 2. The molecule has 0 radical (unpaired) electrons. The molecule has 2 fully saturated rings. The van der Waals surface area contributed by atoms with Crippen LogP contribution in [-0.4, -0.2) is 15.8 Å². The summed E-state index contributed by atoms with van der Waals surface area (Å²) in [7, 11) is 0. The van der Waals surface area contributed by atoms with Crippen molar-refractivity contribution in [1.82, 2.24) is 0 Å². The molecule has 150 valence electrons. The van der Waals surface area contributed by atoms with E-state index in [0.29, 0.717) is 23.3 Å². The van der Waals surface area contributed by atoms with Gasteiger partial charge in [0, 0.05) is 6.42 Å². The first-order valence-corrected chi connectivity index (χ1v) is 11.0. The Hall–Kier alpha value is -2.31. The lowest BCUT2D eigenvalue weighted by Crippen LogP contribution is -2.51. The van der Waals surface area contributed by atoms with Crippen LogP contribution in [-0.2, 0) is 12.8 Å². The average molecular weight is 388 g/mol. The molecule has 0 saturated heterocycles. The molecule has 2 saturated carbocycles. The van der Waals surface area contributed by atoms with Crippen LogP contribution in [0.2, 0.25) is 0 Å². The van der Waals surface area contributed by atoms with E-state index >= 15 is 0 Å². The Labute approximate surface area is 173 Å². The molecule has 29 heavy (non-hydrogen) atoms. The van der Waals surface area contributed by atoms with Crippen molar-refractivity contribution >= 4 is 0 Å². The number of phenols is 1. The van der Waals surface area contributed by atoms with Crippen LogP contribution in [0.5, 0.6) is 5.75 Å². The highest BCUT2D eigenvalue weighted by Gasteiger charge is 2.61. The van der Waals surface area contributed by atoms with Crippen LogP contribution in [0.1, 0.15) is 67.2 Å². The number of aromatic hydroxyl groups is 1. The van der Waals surface area contributed by atoms with Crippen molar-refractivity contribution in [3.05, 3.63) is 64.7 Å². The molecule has 0 heterocycles. The first-order chi connectivity index (χ1) is 13.9. The van der Waals surface area contributed by atoms with Gasteiger partial charge in [0.05, 0.1) is 11.2 Å².